The lowest BCUT2D eigenvalue weighted by Gasteiger charge is -2.41. The number of nitrogens with zero attached hydrogens (tertiary/aromatic N) is 1. The summed E-state index contributed by atoms with van der Waals surface area (Å²) in [7, 11) is 2.20. The topological polar surface area (TPSA) is 458 Å². The molecule has 0 saturated carbocycles. The number of amides is 5. The van der Waals surface area contributed by atoms with Gasteiger partial charge in [-0.05, 0) is 31.4 Å². The summed E-state index contributed by atoms with van der Waals surface area (Å²) in [5.41, 5.74) is 11.2. The molecule has 0 aliphatic carbocycles. The highest BCUT2D eigenvalue weighted by molar-refractivity contribution is 5.88. The molecule has 0 unspecified atom stereocenters. The number of ether oxygens (including phenoxy) is 14. The maximum atomic E-state index is 13.6. The van der Waals surface area contributed by atoms with Crippen molar-refractivity contribution >= 4 is 65.7 Å². The molecule has 4 aliphatic rings. The van der Waals surface area contributed by atoms with Crippen LogP contribution in [0.1, 0.15) is 39.5 Å². The van der Waals surface area contributed by atoms with Crippen LogP contribution in [0.15, 0.2) is 23.7 Å². The fourth-order valence-electron chi connectivity index (χ4n) is 8.78. The lowest BCUT2D eigenvalue weighted by molar-refractivity contribution is -0.155. The summed E-state index contributed by atoms with van der Waals surface area (Å²) in [6, 6.07) is -4.35. The second kappa shape index (κ2) is 37.2. The molecular formula is C51H77N11O23. The van der Waals surface area contributed by atoms with Gasteiger partial charge in [-0.15, -0.1) is 6.42 Å². The van der Waals surface area contributed by atoms with Crippen LogP contribution in [0.4, 0.5) is 9.59 Å². The van der Waals surface area contributed by atoms with Crippen molar-refractivity contribution < 1.29 is 109 Å². The lowest BCUT2D eigenvalue weighted by atomic mass is 9.91. The first-order chi connectivity index (χ1) is 40.7. The van der Waals surface area contributed by atoms with E-state index in [1.165, 1.54) is 26.0 Å². The number of hydrogen-bond donors (Lipinski definition) is 10. The Labute approximate surface area is 489 Å². The smallest absolute Gasteiger partial charge is 0.478 e. The van der Waals surface area contributed by atoms with Crippen LogP contribution >= 0.6 is 0 Å². The largest absolute Gasteiger partial charge is 0.508 e. The fraction of sp³-hybridized carbons (Fsp3) is 0.667. The van der Waals surface area contributed by atoms with E-state index in [1.807, 2.05) is 0 Å². The zero-order valence-corrected chi connectivity index (χ0v) is 47.6. The van der Waals surface area contributed by atoms with Gasteiger partial charge in [-0.2, -0.15) is 0 Å². The van der Waals surface area contributed by atoms with E-state index < -0.39 is 134 Å². The SMILES string of the molecule is C#CCOCCOCCOCCOCCC(=O)N(CCCCNC(=O)CO[C@@H]([C@@H]1OC(C(=O)OC)=C[C@H](NC(=N)N)[C@H]1NC(C)=O)[C@H]1COC(=O)O1)CCCNC(=O)CO[C@@H]([C@@H]1OC(C(=O)OC)=C[C@H](NC(=N)N)[C@H]1NC(C)=O)[C@H]1COC(=O)O1. The summed E-state index contributed by atoms with van der Waals surface area (Å²) in [5.74, 6) is -3.95. The normalized spacial score (nSPS) is 22.0. The molecule has 0 radical (unpaired) electrons. The molecule has 85 heavy (non-hydrogen) atoms. The Hall–Kier alpha value is -8.23. The standard InChI is InChI=1S/C51H77N11O23/c1-6-15-74-17-19-76-21-22-77-20-18-75-16-10-39(67)62(14-9-12-57-38(66)28-79-43(36-26-81-51(71)85-36)45-41(59-30(3)64)32(61-49(54)55)24-34(83-45)47(69)73-5)13-8-7-11-56-37(65)27-78-42(35-25-80-50(70)84-35)44-40(58-29(2)63)31(60-48(52)53)23-33(82-44)46(68)72-4/h1,23-24,31-32,35-36,40-45H,7-22,25-28H2,2-5H3,(H,56,65)(H,57,66)(H,58,63)(H,59,64)(H4,52,53,60)(H4,54,55,61)/t31-,32-,35+,36+,40+,41+,42+,43+,44+,45+/m0/s1. The second-order valence-corrected chi connectivity index (χ2v) is 18.8. The summed E-state index contributed by atoms with van der Waals surface area (Å²) in [4.78, 5) is 116. The highest BCUT2D eigenvalue weighted by Gasteiger charge is 2.50. The summed E-state index contributed by atoms with van der Waals surface area (Å²) < 4.78 is 75.8. The van der Waals surface area contributed by atoms with Gasteiger partial charge in [0.1, 0.15) is 45.2 Å². The molecule has 2 saturated heterocycles. The Kier molecular flexibility index (Phi) is 30.3. The first-order valence-corrected chi connectivity index (χ1v) is 26.9. The van der Waals surface area contributed by atoms with E-state index in [9.17, 15) is 43.2 Å². The van der Waals surface area contributed by atoms with E-state index in [2.05, 4.69) is 37.8 Å². The van der Waals surface area contributed by atoms with E-state index in [4.69, 9.17) is 95.0 Å². The van der Waals surface area contributed by atoms with Crippen molar-refractivity contribution in [1.82, 2.24) is 36.8 Å². The van der Waals surface area contributed by atoms with Crippen molar-refractivity contribution in [3.63, 3.8) is 0 Å². The third-order valence-corrected chi connectivity index (χ3v) is 12.5. The Bertz CT molecular complexity index is 2410. The van der Waals surface area contributed by atoms with E-state index in [0.717, 1.165) is 14.2 Å². The summed E-state index contributed by atoms with van der Waals surface area (Å²) in [6.07, 6.45) is -1.37. The zero-order valence-electron chi connectivity index (χ0n) is 47.6. The Morgan fingerprint density at radius 3 is 1.46 bits per heavy atom. The molecule has 34 heteroatoms. The van der Waals surface area contributed by atoms with Gasteiger partial charge in [-0.25, -0.2) is 19.2 Å². The summed E-state index contributed by atoms with van der Waals surface area (Å²) in [5, 5.41) is 31.7. The molecule has 12 N–H and O–H groups in total. The van der Waals surface area contributed by atoms with Gasteiger partial charge < -0.3 is 115 Å². The molecule has 0 bridgehead atoms. The number of unbranched alkanes of at least 4 members (excludes halogenated alkanes) is 1. The number of carbonyl (C=O) groups excluding carboxylic acids is 9. The van der Waals surface area contributed by atoms with Gasteiger partial charge in [-0.1, -0.05) is 5.92 Å². The van der Waals surface area contributed by atoms with E-state index in [-0.39, 0.29) is 96.1 Å². The van der Waals surface area contributed by atoms with Crippen LogP contribution in [0.5, 0.6) is 0 Å². The molecule has 4 heterocycles. The molecule has 2 fully saturated rings. The number of rotatable bonds is 38. The molecule has 10 atom stereocenters. The van der Waals surface area contributed by atoms with Crippen LogP contribution in [-0.4, -0.2) is 251 Å². The van der Waals surface area contributed by atoms with Crippen molar-refractivity contribution in [3.8, 4) is 12.3 Å². The number of hydrogen-bond acceptors (Lipinski definition) is 25. The van der Waals surface area contributed by atoms with E-state index in [0.29, 0.717) is 39.3 Å². The monoisotopic (exact) mass is 1210 g/mol. The van der Waals surface area contributed by atoms with Gasteiger partial charge in [0.25, 0.3) is 0 Å². The van der Waals surface area contributed by atoms with Crippen LogP contribution in [-0.2, 0) is 99.9 Å². The minimum atomic E-state index is -1.38. The minimum Gasteiger partial charge on any atom is -0.478 e. The van der Waals surface area contributed by atoms with E-state index >= 15 is 0 Å². The number of terminal acetylenes is 1. The molecule has 0 aromatic heterocycles. The molecule has 34 nitrogen and oxygen atoms in total. The van der Waals surface area contributed by atoms with Crippen molar-refractivity contribution in [3.05, 3.63) is 23.7 Å². The van der Waals surface area contributed by atoms with E-state index in [1.54, 1.807) is 4.90 Å². The summed E-state index contributed by atoms with van der Waals surface area (Å²) >= 11 is 0. The summed E-state index contributed by atoms with van der Waals surface area (Å²) in [6.45, 7) is 2.94. The number of guanidine groups is 2. The Morgan fingerprint density at radius 1 is 0.635 bits per heavy atom. The minimum absolute atomic E-state index is 0.0111. The van der Waals surface area contributed by atoms with Crippen LogP contribution < -0.4 is 43.4 Å². The first kappa shape index (κ1) is 69.3. The quantitative estimate of drug-likeness (QED) is 0.00699. The first-order valence-electron chi connectivity index (χ1n) is 26.9. The molecule has 4 aliphatic heterocycles. The molecule has 4 rings (SSSR count). The lowest BCUT2D eigenvalue weighted by Crippen LogP contribution is -2.64. The number of carbonyl (C=O) groups is 9. The van der Waals surface area contributed by atoms with Gasteiger partial charge in [0.05, 0.1) is 91.1 Å². The van der Waals surface area contributed by atoms with Crippen LogP contribution in [0.25, 0.3) is 0 Å². The van der Waals surface area contributed by atoms with Crippen molar-refractivity contribution in [1.29, 1.82) is 10.8 Å². The molecule has 0 spiro atoms. The van der Waals surface area contributed by atoms with Crippen LogP contribution in [0, 0.1) is 23.2 Å². The highest BCUT2D eigenvalue weighted by atomic mass is 16.8. The van der Waals surface area contributed by atoms with Gasteiger partial charge in [0.15, 0.2) is 36.3 Å². The van der Waals surface area contributed by atoms with Crippen LogP contribution in [0.2, 0.25) is 0 Å². The predicted molar refractivity (Wildman–Crippen MR) is 288 cm³/mol. The third kappa shape index (κ3) is 24.5. The van der Waals surface area contributed by atoms with Gasteiger partial charge in [-0.3, -0.25) is 34.8 Å². The van der Waals surface area contributed by atoms with Crippen molar-refractivity contribution in [2.75, 3.05) is 120 Å². The number of methoxy groups -OCH3 is 2. The molecule has 0 aromatic carbocycles. The molecular weight excluding hydrogens is 1130 g/mol. The van der Waals surface area contributed by atoms with Crippen LogP contribution in [0.3, 0.4) is 0 Å². The van der Waals surface area contributed by atoms with Gasteiger partial charge in [0.2, 0.25) is 41.1 Å². The number of esters is 2. The van der Waals surface area contributed by atoms with Crippen molar-refractivity contribution in [2.24, 2.45) is 11.5 Å². The van der Waals surface area contributed by atoms with Crippen molar-refractivity contribution in [2.45, 2.75) is 100 Å². The average molecular weight is 1210 g/mol. The number of nitrogens with two attached hydrogens (primary N) is 2. The number of cyclic esters (lactones) is 4. The second-order valence-electron chi connectivity index (χ2n) is 18.8. The molecule has 5 amide bonds. The van der Waals surface area contributed by atoms with Gasteiger partial charge in [0, 0.05) is 40.0 Å². The predicted octanol–water partition coefficient (Wildman–Crippen LogP) is -4.23. The fourth-order valence-corrected chi connectivity index (χ4v) is 8.78. The maximum absolute atomic E-state index is 13.6. The maximum Gasteiger partial charge on any atom is 0.508 e. The Morgan fingerprint density at radius 2 is 1.06 bits per heavy atom. The molecule has 0 aromatic rings. The number of nitrogens with one attached hydrogen (secondary N) is 8. The van der Waals surface area contributed by atoms with Gasteiger partial charge >= 0.3 is 24.2 Å². The molecule has 474 valence electrons. The average Bonchev–Trinajstić information content (AvgIpc) is 2.46. The highest BCUT2D eigenvalue weighted by Crippen LogP contribution is 2.30. The third-order valence-electron chi connectivity index (χ3n) is 12.5. The zero-order chi connectivity index (χ0) is 62.3. The Balaban J connectivity index is 1.36.